The first-order valence-electron chi connectivity index (χ1n) is 13.2. The molecule has 1 heterocycles. The number of fused-ring (bicyclic) bond motifs is 4. The van der Waals surface area contributed by atoms with Crippen LogP contribution in [0.3, 0.4) is 0 Å². The number of allylic oxidation sites excluding steroid dienone is 6. The van der Waals surface area contributed by atoms with Gasteiger partial charge >= 0.3 is 0 Å². The summed E-state index contributed by atoms with van der Waals surface area (Å²) in [5.74, 6) is -2.10. The largest absolute Gasteiger partial charge is 0.293 e. The highest BCUT2D eigenvalue weighted by molar-refractivity contribution is 6.40. The van der Waals surface area contributed by atoms with E-state index in [1.165, 1.54) is 6.08 Å². The van der Waals surface area contributed by atoms with Crippen LogP contribution in [-0.2, 0) is 0 Å². The summed E-state index contributed by atoms with van der Waals surface area (Å²) in [5.41, 5.74) is 3.09. The van der Waals surface area contributed by atoms with Crippen LogP contribution in [0.25, 0.3) is 27.1 Å². The maximum Gasteiger partial charge on any atom is 0.197 e. The van der Waals surface area contributed by atoms with Gasteiger partial charge in [0.2, 0.25) is 0 Å². The van der Waals surface area contributed by atoms with Crippen LogP contribution in [0.4, 0.5) is 0 Å². The summed E-state index contributed by atoms with van der Waals surface area (Å²) >= 11 is 0. The Morgan fingerprint density at radius 3 is 1.56 bits per heavy atom. The van der Waals surface area contributed by atoms with E-state index in [1.54, 1.807) is 67.0 Å². The van der Waals surface area contributed by atoms with Crippen LogP contribution in [-0.4, -0.2) is 28.1 Å². The molecule has 0 fully saturated rings. The van der Waals surface area contributed by atoms with Gasteiger partial charge < -0.3 is 0 Å². The molecule has 0 saturated carbocycles. The Bertz CT molecular complexity index is 1950. The molecule has 5 heteroatoms. The first-order chi connectivity index (χ1) is 20.0. The Hall–Kier alpha value is -5.55. The third-order valence-electron chi connectivity index (χ3n) is 7.76. The highest BCUT2D eigenvalue weighted by atomic mass is 16.2. The molecule has 41 heavy (non-hydrogen) atoms. The molecular formula is C36H21NO4. The number of pyridine rings is 1. The van der Waals surface area contributed by atoms with Gasteiger partial charge in [-0.1, -0.05) is 66.8 Å². The SMILES string of the molecule is O=C1C(=C/C=C(/C=C/C2C(=O)c3cc4ccccc4cc3C2=O)c2ccncc2)C(=O)c2cc3ccccc3cc21. The van der Waals surface area contributed by atoms with E-state index in [-0.39, 0.29) is 28.7 Å². The third kappa shape index (κ3) is 4.07. The van der Waals surface area contributed by atoms with Crippen LogP contribution < -0.4 is 0 Å². The van der Waals surface area contributed by atoms with Gasteiger partial charge in [0.1, 0.15) is 5.92 Å². The number of Topliss-reactive ketones (excluding diaryl/α,β-unsaturated/α-hetero) is 4. The lowest BCUT2D eigenvalue weighted by molar-refractivity contribution is 0.0869. The van der Waals surface area contributed by atoms with Gasteiger partial charge in [0.05, 0.1) is 5.57 Å². The van der Waals surface area contributed by atoms with Crippen molar-refractivity contribution in [2.24, 2.45) is 5.92 Å². The lowest BCUT2D eigenvalue weighted by Gasteiger charge is -2.04. The van der Waals surface area contributed by atoms with Crippen molar-refractivity contribution in [1.82, 2.24) is 4.98 Å². The fraction of sp³-hybridized carbons (Fsp3) is 0.0278. The Labute approximate surface area is 235 Å². The minimum atomic E-state index is -0.953. The van der Waals surface area contributed by atoms with Crippen LogP contribution >= 0.6 is 0 Å². The molecule has 1 aromatic heterocycles. The number of rotatable bonds is 4. The zero-order valence-corrected chi connectivity index (χ0v) is 21.7. The highest BCUT2D eigenvalue weighted by Gasteiger charge is 2.37. The fourth-order valence-corrected chi connectivity index (χ4v) is 5.60. The molecule has 0 saturated heterocycles. The normalized spacial score (nSPS) is 15.4. The number of carbonyl (C=O) groups excluding carboxylic acids is 4. The lowest BCUT2D eigenvalue weighted by Crippen LogP contribution is -2.11. The summed E-state index contributed by atoms with van der Waals surface area (Å²) in [6.07, 6.45) is 9.75. The molecule has 5 aromatic rings. The second-order valence-corrected chi connectivity index (χ2v) is 10.2. The lowest BCUT2D eigenvalue weighted by atomic mass is 9.99. The van der Waals surface area contributed by atoms with Crippen molar-refractivity contribution in [2.45, 2.75) is 0 Å². The predicted octanol–water partition coefficient (Wildman–Crippen LogP) is 7.03. The minimum Gasteiger partial charge on any atom is -0.293 e. The molecule has 5 nitrogen and oxygen atoms in total. The Morgan fingerprint density at radius 2 is 1.07 bits per heavy atom. The van der Waals surface area contributed by atoms with E-state index in [0.717, 1.165) is 27.1 Å². The van der Waals surface area contributed by atoms with E-state index in [2.05, 4.69) is 4.98 Å². The van der Waals surface area contributed by atoms with Crippen molar-refractivity contribution in [3.63, 3.8) is 0 Å². The van der Waals surface area contributed by atoms with Gasteiger partial charge in [-0.2, -0.15) is 0 Å². The molecule has 194 valence electrons. The summed E-state index contributed by atoms with van der Waals surface area (Å²) in [4.78, 5) is 57.1. The molecule has 0 bridgehead atoms. The average molecular weight is 532 g/mol. The second-order valence-electron chi connectivity index (χ2n) is 10.2. The predicted molar refractivity (Wildman–Crippen MR) is 158 cm³/mol. The van der Waals surface area contributed by atoms with Gasteiger partial charge in [0.15, 0.2) is 23.1 Å². The molecule has 2 aliphatic carbocycles. The molecule has 0 N–H and O–H groups in total. The van der Waals surface area contributed by atoms with E-state index < -0.39 is 5.92 Å². The Balaban J connectivity index is 1.25. The standard InChI is InChI=1S/C36H21NO4/c38-33-27(34(39)30-18-24-6-2-1-5-23(24)17-29(30)33)11-9-21(22-13-15-37-16-14-22)10-12-28-35(40)31-19-25-7-3-4-8-26(25)20-32(31)36(28)41/h1-20,27H/b11-9+,21-10-. The van der Waals surface area contributed by atoms with E-state index >= 15 is 0 Å². The third-order valence-corrected chi connectivity index (χ3v) is 7.76. The van der Waals surface area contributed by atoms with Gasteiger partial charge in [0, 0.05) is 34.6 Å². The number of aromatic nitrogens is 1. The number of benzene rings is 4. The highest BCUT2D eigenvalue weighted by Crippen LogP contribution is 2.33. The van der Waals surface area contributed by atoms with Crippen LogP contribution in [0.15, 0.2) is 127 Å². The van der Waals surface area contributed by atoms with Crippen molar-refractivity contribution in [3.8, 4) is 0 Å². The number of ketones is 4. The smallest absolute Gasteiger partial charge is 0.197 e. The molecule has 4 aromatic carbocycles. The van der Waals surface area contributed by atoms with Crippen molar-refractivity contribution in [3.05, 3.63) is 155 Å². The van der Waals surface area contributed by atoms with Crippen LogP contribution in [0.1, 0.15) is 47.0 Å². The van der Waals surface area contributed by atoms with Crippen molar-refractivity contribution in [1.29, 1.82) is 0 Å². The van der Waals surface area contributed by atoms with E-state index in [1.807, 2.05) is 48.5 Å². The van der Waals surface area contributed by atoms with Crippen LogP contribution in [0, 0.1) is 5.92 Å². The Kier molecular flexibility index (Phi) is 5.72. The van der Waals surface area contributed by atoms with E-state index in [9.17, 15) is 19.2 Å². The van der Waals surface area contributed by atoms with Gasteiger partial charge in [-0.25, -0.2) is 0 Å². The first-order valence-corrected chi connectivity index (χ1v) is 13.2. The fourth-order valence-electron chi connectivity index (χ4n) is 5.60. The zero-order valence-electron chi connectivity index (χ0n) is 21.7. The first kappa shape index (κ1) is 24.5. The van der Waals surface area contributed by atoms with Crippen LogP contribution in [0.2, 0.25) is 0 Å². The average Bonchev–Trinajstić information content (AvgIpc) is 3.38. The van der Waals surface area contributed by atoms with Gasteiger partial charge in [-0.3, -0.25) is 24.2 Å². The molecule has 0 spiro atoms. The summed E-state index contributed by atoms with van der Waals surface area (Å²) in [6.45, 7) is 0. The minimum absolute atomic E-state index is 0.0716. The molecule has 7 rings (SSSR count). The molecule has 0 aliphatic heterocycles. The molecule has 0 unspecified atom stereocenters. The monoisotopic (exact) mass is 531 g/mol. The summed E-state index contributed by atoms with van der Waals surface area (Å²) in [6, 6.07) is 25.9. The van der Waals surface area contributed by atoms with Crippen LogP contribution in [0.5, 0.6) is 0 Å². The number of hydrogen-bond donors (Lipinski definition) is 0. The number of hydrogen-bond acceptors (Lipinski definition) is 5. The van der Waals surface area contributed by atoms with Gasteiger partial charge in [0.25, 0.3) is 0 Å². The molecule has 0 amide bonds. The van der Waals surface area contributed by atoms with Crippen molar-refractivity contribution in [2.75, 3.05) is 0 Å². The van der Waals surface area contributed by atoms with E-state index in [4.69, 9.17) is 0 Å². The van der Waals surface area contributed by atoms with Gasteiger partial charge in [-0.05, 0) is 75.2 Å². The summed E-state index contributed by atoms with van der Waals surface area (Å²) < 4.78 is 0. The number of nitrogens with zero attached hydrogens (tertiary/aromatic N) is 1. The second kappa shape index (κ2) is 9.57. The Morgan fingerprint density at radius 1 is 0.610 bits per heavy atom. The molecular weight excluding hydrogens is 510 g/mol. The summed E-state index contributed by atoms with van der Waals surface area (Å²) in [7, 11) is 0. The maximum atomic E-state index is 13.3. The summed E-state index contributed by atoms with van der Waals surface area (Å²) in [5, 5.41) is 3.59. The molecule has 2 aliphatic rings. The topological polar surface area (TPSA) is 81.2 Å². The molecule has 0 atom stereocenters. The maximum absolute atomic E-state index is 13.3. The van der Waals surface area contributed by atoms with E-state index in [0.29, 0.717) is 27.8 Å². The van der Waals surface area contributed by atoms with Gasteiger partial charge in [-0.15, -0.1) is 0 Å². The van der Waals surface area contributed by atoms with Crippen molar-refractivity contribution >= 4 is 50.3 Å². The number of carbonyl (C=O) groups is 4. The van der Waals surface area contributed by atoms with Crippen molar-refractivity contribution < 1.29 is 19.2 Å². The molecule has 0 radical (unpaired) electrons. The quantitative estimate of drug-likeness (QED) is 0.108. The zero-order chi connectivity index (χ0) is 28.1.